The van der Waals surface area contributed by atoms with Crippen LogP contribution in [0.15, 0.2) is 12.1 Å². The SMILES string of the molecule is Cc1cc(C)c2c(c1)-c1c(ssc1=S)C(C)(C)N2C(=O)C[NH+]1CCCCC1. The van der Waals surface area contributed by atoms with Crippen molar-refractivity contribution in [2.45, 2.75) is 52.5 Å². The lowest BCUT2D eigenvalue weighted by Gasteiger charge is -2.44. The van der Waals surface area contributed by atoms with Crippen molar-refractivity contribution >= 4 is 44.5 Å². The number of amides is 1. The smallest absolute Gasteiger partial charge is 0.282 e. The molecule has 1 N–H and O–H groups in total. The molecule has 144 valence electrons. The van der Waals surface area contributed by atoms with E-state index in [0.717, 1.165) is 33.7 Å². The van der Waals surface area contributed by atoms with Crippen LogP contribution in [0.2, 0.25) is 0 Å². The molecule has 6 heteroatoms. The van der Waals surface area contributed by atoms with Crippen LogP contribution in [0.4, 0.5) is 5.69 Å². The molecule has 0 atom stereocenters. The molecule has 2 aliphatic rings. The van der Waals surface area contributed by atoms with Gasteiger partial charge in [0.05, 0.1) is 29.2 Å². The van der Waals surface area contributed by atoms with Crippen molar-refractivity contribution < 1.29 is 9.69 Å². The first-order valence-electron chi connectivity index (χ1n) is 9.72. The van der Waals surface area contributed by atoms with Gasteiger partial charge < -0.3 is 4.90 Å². The van der Waals surface area contributed by atoms with Crippen LogP contribution in [0, 0.1) is 17.7 Å². The first-order chi connectivity index (χ1) is 12.8. The number of quaternary nitrogens is 1. The van der Waals surface area contributed by atoms with Crippen LogP contribution >= 0.6 is 32.9 Å². The zero-order valence-electron chi connectivity index (χ0n) is 16.5. The third-order valence-corrected chi connectivity index (χ3v) is 9.23. The average Bonchev–Trinajstić information content (AvgIpc) is 3.00. The summed E-state index contributed by atoms with van der Waals surface area (Å²) in [5.74, 6) is 0.236. The summed E-state index contributed by atoms with van der Waals surface area (Å²) in [6.07, 6.45) is 3.77. The molecule has 1 aromatic heterocycles. The molecule has 1 aromatic carbocycles. The van der Waals surface area contributed by atoms with E-state index in [1.807, 2.05) is 0 Å². The van der Waals surface area contributed by atoms with Crippen LogP contribution in [-0.4, -0.2) is 25.5 Å². The van der Waals surface area contributed by atoms with Gasteiger partial charge in [0.1, 0.15) is 3.82 Å². The van der Waals surface area contributed by atoms with Gasteiger partial charge in [0, 0.05) is 11.1 Å². The summed E-state index contributed by atoms with van der Waals surface area (Å²) in [6.45, 7) is 11.4. The molecule has 2 aliphatic heterocycles. The number of aryl methyl sites for hydroxylation is 2. The number of nitrogens with zero attached hydrogens (tertiary/aromatic N) is 1. The van der Waals surface area contributed by atoms with Crippen LogP contribution in [0.3, 0.4) is 0 Å². The minimum absolute atomic E-state index is 0.236. The van der Waals surface area contributed by atoms with E-state index in [9.17, 15) is 4.79 Å². The van der Waals surface area contributed by atoms with E-state index >= 15 is 0 Å². The summed E-state index contributed by atoms with van der Waals surface area (Å²) in [6, 6.07) is 4.40. The summed E-state index contributed by atoms with van der Waals surface area (Å²) in [5, 5.41) is 0. The molecular weight excluding hydrogens is 392 g/mol. The van der Waals surface area contributed by atoms with E-state index in [1.165, 1.54) is 40.2 Å². The number of rotatable bonds is 2. The Hall–Kier alpha value is -1.08. The van der Waals surface area contributed by atoms with Gasteiger partial charge >= 0.3 is 0 Å². The van der Waals surface area contributed by atoms with Crippen molar-refractivity contribution in [1.82, 2.24) is 0 Å². The number of nitrogens with one attached hydrogen (secondary N) is 1. The van der Waals surface area contributed by atoms with Crippen LogP contribution < -0.4 is 9.80 Å². The van der Waals surface area contributed by atoms with E-state index < -0.39 is 0 Å². The molecular formula is C21H27N2OS3+. The summed E-state index contributed by atoms with van der Waals surface area (Å²) >= 11 is 5.69. The lowest BCUT2D eigenvalue weighted by atomic mass is 9.85. The maximum Gasteiger partial charge on any atom is 0.282 e. The number of fused-ring (bicyclic) bond motifs is 3. The van der Waals surface area contributed by atoms with Gasteiger partial charge in [-0.05, 0) is 58.6 Å². The highest BCUT2D eigenvalue weighted by Gasteiger charge is 2.44. The van der Waals surface area contributed by atoms with Gasteiger partial charge in [-0.1, -0.05) is 44.5 Å². The van der Waals surface area contributed by atoms with E-state index in [-0.39, 0.29) is 11.4 Å². The highest BCUT2D eigenvalue weighted by Crippen LogP contribution is 2.53. The molecule has 0 unspecified atom stereocenters. The molecule has 0 saturated carbocycles. The molecule has 0 spiro atoms. The topological polar surface area (TPSA) is 24.8 Å². The van der Waals surface area contributed by atoms with Gasteiger partial charge in [0.2, 0.25) is 0 Å². The summed E-state index contributed by atoms with van der Waals surface area (Å²) in [4.78, 5) is 18.3. The second-order valence-electron chi connectivity index (χ2n) is 8.41. The molecule has 2 aromatic rings. The van der Waals surface area contributed by atoms with Crippen LogP contribution in [0.5, 0.6) is 0 Å². The Bertz CT molecular complexity index is 951. The number of carbonyl (C=O) groups excluding carboxylic acids is 1. The Kier molecular flexibility index (Phi) is 5.04. The number of hydrogen-bond acceptors (Lipinski definition) is 4. The van der Waals surface area contributed by atoms with E-state index in [4.69, 9.17) is 12.2 Å². The summed E-state index contributed by atoms with van der Waals surface area (Å²) in [7, 11) is 3.40. The molecule has 0 aliphatic carbocycles. The van der Waals surface area contributed by atoms with Crippen LogP contribution in [-0.2, 0) is 10.3 Å². The number of hydrogen-bond donors (Lipinski definition) is 1. The zero-order valence-corrected chi connectivity index (χ0v) is 18.9. The fourth-order valence-electron chi connectivity index (χ4n) is 4.68. The quantitative estimate of drug-likeness (QED) is 0.574. The second kappa shape index (κ2) is 7.07. The summed E-state index contributed by atoms with van der Waals surface area (Å²) in [5.41, 5.74) is 5.41. The lowest BCUT2D eigenvalue weighted by Crippen LogP contribution is -3.14. The normalized spacial score (nSPS) is 18.9. The largest absolute Gasteiger partial charge is 0.327 e. The number of likely N-dealkylation sites (tertiary alicyclic amines) is 1. The number of anilines is 1. The Labute approximate surface area is 174 Å². The molecule has 27 heavy (non-hydrogen) atoms. The number of benzene rings is 1. The maximum absolute atomic E-state index is 13.6. The summed E-state index contributed by atoms with van der Waals surface area (Å²) < 4.78 is 0.947. The highest BCUT2D eigenvalue weighted by molar-refractivity contribution is 7.80. The molecule has 1 amide bonds. The third-order valence-electron chi connectivity index (χ3n) is 5.90. The van der Waals surface area contributed by atoms with Crippen molar-refractivity contribution in [3.05, 3.63) is 32.0 Å². The van der Waals surface area contributed by atoms with Gasteiger partial charge in [-0.3, -0.25) is 9.69 Å². The zero-order chi connectivity index (χ0) is 19.3. The average molecular weight is 420 g/mol. The Morgan fingerprint density at radius 3 is 2.59 bits per heavy atom. The van der Waals surface area contributed by atoms with Gasteiger partial charge in [0.15, 0.2) is 6.54 Å². The monoisotopic (exact) mass is 419 g/mol. The molecule has 3 nitrogen and oxygen atoms in total. The molecule has 1 saturated heterocycles. The fourth-order valence-corrected chi connectivity index (χ4v) is 7.96. The fraction of sp³-hybridized carbons (Fsp3) is 0.524. The van der Waals surface area contributed by atoms with Gasteiger partial charge in [0.25, 0.3) is 5.91 Å². The standard InChI is InChI=1S/C21H26N2OS3/c1-13-10-14(2)18-15(11-13)17-19(26-27-20(17)25)21(3,4)23(18)16(24)12-22-8-6-5-7-9-22/h10-11H,5-9,12H2,1-4H3/p+1. The molecule has 0 bridgehead atoms. The first-order valence-corrected chi connectivity index (χ1v) is 12.3. The highest BCUT2D eigenvalue weighted by atomic mass is 32.9. The van der Waals surface area contributed by atoms with Crippen molar-refractivity contribution in [2.24, 2.45) is 0 Å². The minimum Gasteiger partial charge on any atom is -0.327 e. The van der Waals surface area contributed by atoms with Crippen molar-refractivity contribution in [3.63, 3.8) is 0 Å². The predicted octanol–water partition coefficient (Wildman–Crippen LogP) is 4.47. The van der Waals surface area contributed by atoms with Gasteiger partial charge in [-0.2, -0.15) is 0 Å². The lowest BCUT2D eigenvalue weighted by molar-refractivity contribution is -0.896. The number of piperidine rings is 1. The Morgan fingerprint density at radius 1 is 1.19 bits per heavy atom. The Morgan fingerprint density at radius 2 is 1.89 bits per heavy atom. The maximum atomic E-state index is 13.6. The van der Waals surface area contributed by atoms with Crippen molar-refractivity contribution in [1.29, 1.82) is 0 Å². The van der Waals surface area contributed by atoms with E-state index in [2.05, 4.69) is 44.7 Å². The molecule has 0 radical (unpaired) electrons. The van der Waals surface area contributed by atoms with Gasteiger partial charge in [-0.25, -0.2) is 0 Å². The molecule has 1 fully saturated rings. The molecule has 4 rings (SSSR count). The third kappa shape index (κ3) is 3.20. The van der Waals surface area contributed by atoms with E-state index in [0.29, 0.717) is 6.54 Å². The van der Waals surface area contributed by atoms with E-state index in [1.54, 1.807) is 20.7 Å². The van der Waals surface area contributed by atoms with Crippen LogP contribution in [0.1, 0.15) is 49.1 Å². The van der Waals surface area contributed by atoms with Gasteiger partial charge in [-0.15, -0.1) is 0 Å². The van der Waals surface area contributed by atoms with Crippen molar-refractivity contribution in [2.75, 3.05) is 24.5 Å². The van der Waals surface area contributed by atoms with Crippen molar-refractivity contribution in [3.8, 4) is 11.1 Å². The molecule has 3 heterocycles. The second-order valence-corrected chi connectivity index (χ2v) is 11.2. The Balaban J connectivity index is 1.84. The predicted molar refractivity (Wildman–Crippen MR) is 118 cm³/mol. The van der Waals surface area contributed by atoms with Crippen LogP contribution in [0.25, 0.3) is 11.1 Å². The minimum atomic E-state index is -0.368. The first kappa shape index (κ1) is 19.2. The number of carbonyl (C=O) groups is 1.